The molecular weight excluding hydrogens is 513 g/mol. The molecule has 0 atom stereocenters. The van der Waals surface area contributed by atoms with E-state index in [0.29, 0.717) is 13.2 Å². The maximum atomic E-state index is 14.8. The van der Waals surface area contributed by atoms with Crippen LogP contribution >= 0.6 is 11.6 Å². The normalized spacial score (nSPS) is 11.1. The van der Waals surface area contributed by atoms with Crippen LogP contribution in [0.2, 0.25) is 5.02 Å². The molecule has 0 fully saturated rings. The largest absolute Gasteiger partial charge is 0.494 e. The summed E-state index contributed by atoms with van der Waals surface area (Å²) >= 11 is 6.20. The summed E-state index contributed by atoms with van der Waals surface area (Å²) in [6, 6.07) is 5.12. The smallest absolute Gasteiger partial charge is 0.255 e. The number of rotatable bonds is 10. The summed E-state index contributed by atoms with van der Waals surface area (Å²) in [5.41, 5.74) is 5.66. The van der Waals surface area contributed by atoms with Crippen LogP contribution in [0.15, 0.2) is 42.9 Å². The number of halogens is 4. The number of hydrogen-bond donors (Lipinski definition) is 3. The summed E-state index contributed by atoms with van der Waals surface area (Å²) in [5, 5.41) is 5.30. The highest BCUT2D eigenvalue weighted by molar-refractivity contribution is 6.34. The molecule has 0 aliphatic rings. The third kappa shape index (κ3) is 5.45. The number of benzene rings is 2. The standard InChI is InChI=1S/C24H22ClF3N6O3/c1-36-18-3-2-14(20(27)21(18)28)17-12-32-23-22(30-5-7-34(17)23)33-13-10-15(25)19(16(26)11-13)24(35)31-6-9-37-8-4-29/h2-3,5,7,10-12H,4,6,8-9,29H2,1H3,(H,30,33)(H,31,35). The lowest BCUT2D eigenvalue weighted by atomic mass is 10.1. The van der Waals surface area contributed by atoms with Gasteiger partial charge >= 0.3 is 0 Å². The summed E-state index contributed by atoms with van der Waals surface area (Å²) in [6.07, 6.45) is 4.28. The van der Waals surface area contributed by atoms with E-state index in [4.69, 9.17) is 26.8 Å². The molecule has 194 valence electrons. The van der Waals surface area contributed by atoms with Crippen molar-refractivity contribution in [2.24, 2.45) is 5.73 Å². The number of aromatic nitrogens is 3. The Morgan fingerprint density at radius 2 is 1.97 bits per heavy atom. The number of nitrogens with zero attached hydrogens (tertiary/aromatic N) is 3. The van der Waals surface area contributed by atoms with Gasteiger partial charge in [0.1, 0.15) is 5.82 Å². The lowest BCUT2D eigenvalue weighted by Gasteiger charge is -2.12. The van der Waals surface area contributed by atoms with Crippen LogP contribution in [0, 0.1) is 17.5 Å². The molecule has 0 saturated heterocycles. The van der Waals surface area contributed by atoms with Crippen LogP contribution in [0.5, 0.6) is 5.75 Å². The molecule has 0 unspecified atom stereocenters. The highest BCUT2D eigenvalue weighted by atomic mass is 35.5. The van der Waals surface area contributed by atoms with Crippen LogP contribution in [0.3, 0.4) is 0 Å². The summed E-state index contributed by atoms with van der Waals surface area (Å²) in [7, 11) is 1.24. The van der Waals surface area contributed by atoms with E-state index in [0.717, 1.165) is 6.07 Å². The Bertz CT molecular complexity index is 1430. The van der Waals surface area contributed by atoms with Crippen LogP contribution in [-0.2, 0) is 4.74 Å². The Labute approximate surface area is 214 Å². The molecule has 2 aromatic heterocycles. The third-order valence-electron chi connectivity index (χ3n) is 5.30. The molecule has 4 rings (SSSR count). The molecule has 0 aliphatic heterocycles. The number of ether oxygens (including phenoxy) is 2. The molecule has 4 aromatic rings. The zero-order chi connectivity index (χ0) is 26.5. The Morgan fingerprint density at radius 1 is 1.16 bits per heavy atom. The second-order valence-corrected chi connectivity index (χ2v) is 8.06. The van der Waals surface area contributed by atoms with E-state index in [1.54, 1.807) is 0 Å². The van der Waals surface area contributed by atoms with Crippen LogP contribution in [-0.4, -0.2) is 53.7 Å². The molecule has 9 nitrogen and oxygen atoms in total. The number of hydrogen-bond acceptors (Lipinski definition) is 7. The van der Waals surface area contributed by atoms with Gasteiger partial charge in [0.25, 0.3) is 5.91 Å². The number of amides is 1. The van der Waals surface area contributed by atoms with Crippen LogP contribution in [0.4, 0.5) is 24.7 Å². The Morgan fingerprint density at radius 3 is 2.70 bits per heavy atom. The Hall–Kier alpha value is -3.87. The SMILES string of the molecule is COc1ccc(-c2cnc3c(Nc4cc(F)c(C(=O)NCCOCCN)c(Cl)c4)nccn23)c(F)c1F. The van der Waals surface area contributed by atoms with Crippen molar-refractivity contribution in [3.8, 4) is 17.0 Å². The van der Waals surface area contributed by atoms with Gasteiger partial charge in [-0.3, -0.25) is 9.20 Å². The van der Waals surface area contributed by atoms with E-state index < -0.39 is 23.4 Å². The van der Waals surface area contributed by atoms with E-state index >= 15 is 0 Å². The zero-order valence-electron chi connectivity index (χ0n) is 19.5. The highest BCUT2D eigenvalue weighted by Gasteiger charge is 2.20. The Kier molecular flexibility index (Phi) is 8.11. The maximum absolute atomic E-state index is 14.8. The second kappa shape index (κ2) is 11.5. The molecule has 0 spiro atoms. The van der Waals surface area contributed by atoms with Gasteiger partial charge in [-0.15, -0.1) is 0 Å². The molecule has 2 aromatic carbocycles. The number of fused-ring (bicyclic) bond motifs is 1. The van der Waals surface area contributed by atoms with Gasteiger partial charge in [0, 0.05) is 36.7 Å². The first kappa shape index (κ1) is 26.2. The first-order chi connectivity index (χ1) is 17.8. The number of carbonyl (C=O) groups excluding carboxylic acids is 1. The molecule has 0 radical (unpaired) electrons. The molecule has 1 amide bonds. The van der Waals surface area contributed by atoms with Gasteiger partial charge in [0.05, 0.1) is 42.8 Å². The fourth-order valence-electron chi connectivity index (χ4n) is 3.60. The van der Waals surface area contributed by atoms with Gasteiger partial charge in [0.2, 0.25) is 5.82 Å². The summed E-state index contributed by atoms with van der Waals surface area (Å²) in [6.45, 7) is 1.07. The van der Waals surface area contributed by atoms with E-state index in [2.05, 4.69) is 20.6 Å². The fourth-order valence-corrected chi connectivity index (χ4v) is 3.90. The van der Waals surface area contributed by atoms with Gasteiger partial charge < -0.3 is 25.8 Å². The van der Waals surface area contributed by atoms with Crippen LogP contribution in [0.1, 0.15) is 10.4 Å². The van der Waals surface area contributed by atoms with E-state index in [1.165, 1.54) is 48.3 Å². The van der Waals surface area contributed by atoms with E-state index in [-0.39, 0.29) is 57.9 Å². The third-order valence-corrected chi connectivity index (χ3v) is 5.59. The number of methoxy groups -OCH3 is 1. The predicted octanol–water partition coefficient (Wildman–Crippen LogP) is 3.92. The number of imidazole rings is 1. The monoisotopic (exact) mass is 534 g/mol. The van der Waals surface area contributed by atoms with Crippen molar-refractivity contribution in [2.45, 2.75) is 0 Å². The van der Waals surface area contributed by atoms with Gasteiger partial charge in [-0.25, -0.2) is 18.7 Å². The van der Waals surface area contributed by atoms with Crippen LogP contribution < -0.4 is 21.1 Å². The minimum absolute atomic E-state index is 0.0409. The minimum atomic E-state index is -1.13. The lowest BCUT2D eigenvalue weighted by molar-refractivity contribution is 0.0916. The van der Waals surface area contributed by atoms with Gasteiger partial charge in [-0.2, -0.15) is 4.39 Å². The van der Waals surface area contributed by atoms with Crippen molar-refractivity contribution in [3.63, 3.8) is 0 Å². The van der Waals surface area contributed by atoms with E-state index in [9.17, 15) is 18.0 Å². The van der Waals surface area contributed by atoms with Gasteiger partial charge in [-0.05, 0) is 24.3 Å². The summed E-state index contributed by atoms with van der Waals surface area (Å²) in [5.74, 6) is -3.82. The number of carbonyl (C=O) groups is 1. The lowest BCUT2D eigenvalue weighted by Crippen LogP contribution is -2.29. The average molecular weight is 535 g/mol. The van der Waals surface area contributed by atoms with Crippen molar-refractivity contribution in [1.29, 1.82) is 0 Å². The van der Waals surface area contributed by atoms with Crippen molar-refractivity contribution >= 4 is 34.7 Å². The first-order valence-corrected chi connectivity index (χ1v) is 11.4. The average Bonchev–Trinajstić information content (AvgIpc) is 3.30. The molecule has 0 saturated carbocycles. The quantitative estimate of drug-likeness (QED) is 0.264. The highest BCUT2D eigenvalue weighted by Crippen LogP contribution is 2.32. The zero-order valence-corrected chi connectivity index (χ0v) is 20.3. The molecule has 37 heavy (non-hydrogen) atoms. The number of anilines is 2. The van der Waals surface area contributed by atoms with Crippen molar-refractivity contribution in [3.05, 3.63) is 70.9 Å². The predicted molar refractivity (Wildman–Crippen MR) is 132 cm³/mol. The summed E-state index contributed by atoms with van der Waals surface area (Å²) < 4.78 is 55.2. The molecule has 0 bridgehead atoms. The Balaban J connectivity index is 1.58. The molecule has 2 heterocycles. The van der Waals surface area contributed by atoms with E-state index in [1.807, 2.05) is 0 Å². The van der Waals surface area contributed by atoms with Crippen molar-refractivity contribution in [2.75, 3.05) is 38.7 Å². The maximum Gasteiger partial charge on any atom is 0.255 e. The van der Waals surface area contributed by atoms with Gasteiger partial charge in [0.15, 0.2) is 23.0 Å². The van der Waals surface area contributed by atoms with Crippen LogP contribution in [0.25, 0.3) is 16.9 Å². The topological polar surface area (TPSA) is 116 Å². The second-order valence-electron chi connectivity index (χ2n) is 7.65. The van der Waals surface area contributed by atoms with Crippen molar-refractivity contribution in [1.82, 2.24) is 19.7 Å². The minimum Gasteiger partial charge on any atom is -0.494 e. The first-order valence-electron chi connectivity index (χ1n) is 11.0. The number of nitrogens with one attached hydrogen (secondary N) is 2. The van der Waals surface area contributed by atoms with Gasteiger partial charge in [-0.1, -0.05) is 11.6 Å². The molecular formula is C24H22ClF3N6O3. The molecule has 4 N–H and O–H groups in total. The summed E-state index contributed by atoms with van der Waals surface area (Å²) in [4.78, 5) is 20.8. The molecule has 0 aliphatic carbocycles. The fraction of sp³-hybridized carbons (Fsp3) is 0.208. The number of nitrogens with two attached hydrogens (primary N) is 1. The van der Waals surface area contributed by atoms with Crippen molar-refractivity contribution < 1.29 is 27.4 Å². The molecule has 13 heteroatoms.